The lowest BCUT2D eigenvalue weighted by Gasteiger charge is -2.28. The van der Waals surface area contributed by atoms with Gasteiger partial charge < -0.3 is 5.32 Å². The van der Waals surface area contributed by atoms with E-state index >= 15 is 0 Å². The van der Waals surface area contributed by atoms with E-state index in [-0.39, 0.29) is 0 Å². The zero-order valence-electron chi connectivity index (χ0n) is 12.4. The van der Waals surface area contributed by atoms with Crippen LogP contribution in [0.1, 0.15) is 30.5 Å². The first kappa shape index (κ1) is 14.9. The second kappa shape index (κ2) is 7.33. The Bertz CT molecular complexity index is 371. The Hall–Kier alpha value is -0.490. The molecule has 1 aromatic rings. The molecule has 1 aliphatic rings. The van der Waals surface area contributed by atoms with Crippen LogP contribution >= 0.6 is 11.3 Å². The second-order valence-corrected chi connectivity index (χ2v) is 6.55. The highest BCUT2D eigenvalue weighted by atomic mass is 32.1. The van der Waals surface area contributed by atoms with Crippen molar-refractivity contribution >= 4 is 11.3 Å². The fourth-order valence-corrected chi connectivity index (χ4v) is 3.09. The van der Waals surface area contributed by atoms with Crippen molar-refractivity contribution in [3.8, 4) is 0 Å². The fourth-order valence-electron chi connectivity index (χ4n) is 2.26. The number of thiazole rings is 1. The maximum atomic E-state index is 4.70. The first-order chi connectivity index (χ1) is 9.15. The lowest BCUT2D eigenvalue weighted by Crippen LogP contribution is -2.45. The molecule has 4 nitrogen and oxygen atoms in total. The number of aromatic nitrogens is 1. The second-order valence-electron chi connectivity index (χ2n) is 5.66. The molecule has 0 amide bonds. The fraction of sp³-hybridized carbons (Fsp3) is 0.786. The molecule has 0 atom stereocenters. The van der Waals surface area contributed by atoms with E-state index in [1.54, 1.807) is 11.3 Å². The number of nitrogens with one attached hydrogen (secondary N) is 1. The molecule has 1 fully saturated rings. The molecule has 0 aromatic carbocycles. The average molecular weight is 282 g/mol. The lowest BCUT2D eigenvalue weighted by atomic mass is 10.2. The van der Waals surface area contributed by atoms with E-state index in [1.165, 1.54) is 30.3 Å². The molecule has 0 radical (unpaired) electrons. The van der Waals surface area contributed by atoms with E-state index in [9.17, 15) is 0 Å². The highest BCUT2D eigenvalue weighted by Gasteiger charge is 2.11. The summed E-state index contributed by atoms with van der Waals surface area (Å²) in [6, 6.07) is 0. The quantitative estimate of drug-likeness (QED) is 0.859. The first-order valence-electron chi connectivity index (χ1n) is 7.21. The Morgan fingerprint density at radius 2 is 2.16 bits per heavy atom. The zero-order valence-corrected chi connectivity index (χ0v) is 13.2. The van der Waals surface area contributed by atoms with Crippen LogP contribution in [0.5, 0.6) is 0 Å². The van der Waals surface area contributed by atoms with Gasteiger partial charge in [-0.15, -0.1) is 11.3 Å². The van der Waals surface area contributed by atoms with Crippen LogP contribution in [0, 0.1) is 0 Å². The number of hydrogen-bond acceptors (Lipinski definition) is 5. The van der Waals surface area contributed by atoms with Crippen molar-refractivity contribution in [3.05, 3.63) is 16.1 Å². The highest BCUT2D eigenvalue weighted by Crippen LogP contribution is 2.19. The molecule has 1 aliphatic heterocycles. The maximum absolute atomic E-state index is 4.70. The van der Waals surface area contributed by atoms with E-state index in [1.807, 2.05) is 0 Å². The van der Waals surface area contributed by atoms with Gasteiger partial charge in [-0.3, -0.25) is 9.80 Å². The minimum atomic E-state index is 0.546. The Labute approximate surface area is 120 Å². The first-order valence-corrected chi connectivity index (χ1v) is 8.09. The number of nitrogens with zero attached hydrogens (tertiary/aromatic N) is 3. The third kappa shape index (κ3) is 4.84. The molecular formula is C14H26N4S. The smallest absolute Gasteiger partial charge is 0.0954 e. The molecule has 0 spiro atoms. The minimum absolute atomic E-state index is 0.546. The van der Waals surface area contributed by atoms with Crippen molar-refractivity contribution in [2.45, 2.75) is 26.3 Å². The normalized spacial score (nSPS) is 17.5. The molecule has 2 heterocycles. The van der Waals surface area contributed by atoms with Crippen molar-refractivity contribution in [2.75, 3.05) is 46.3 Å². The molecule has 0 unspecified atom stereocenters. The summed E-state index contributed by atoms with van der Waals surface area (Å²) >= 11 is 1.79. The largest absolute Gasteiger partial charge is 0.314 e. The van der Waals surface area contributed by atoms with Gasteiger partial charge in [0, 0.05) is 57.1 Å². The highest BCUT2D eigenvalue weighted by molar-refractivity contribution is 7.09. The van der Waals surface area contributed by atoms with Crippen molar-refractivity contribution in [3.63, 3.8) is 0 Å². The Morgan fingerprint density at radius 1 is 1.42 bits per heavy atom. The van der Waals surface area contributed by atoms with Gasteiger partial charge in [0.1, 0.15) is 0 Å². The van der Waals surface area contributed by atoms with Gasteiger partial charge in [0.05, 0.1) is 10.7 Å². The molecule has 1 aromatic heterocycles. The van der Waals surface area contributed by atoms with Crippen LogP contribution in [-0.4, -0.2) is 61.1 Å². The van der Waals surface area contributed by atoms with Crippen LogP contribution < -0.4 is 5.32 Å². The summed E-state index contributed by atoms with van der Waals surface area (Å²) in [5.41, 5.74) is 1.22. The van der Waals surface area contributed by atoms with E-state index in [4.69, 9.17) is 4.98 Å². The topological polar surface area (TPSA) is 31.4 Å². The predicted octanol–water partition coefficient (Wildman–Crippen LogP) is 1.60. The van der Waals surface area contributed by atoms with Crippen molar-refractivity contribution in [1.29, 1.82) is 0 Å². The van der Waals surface area contributed by atoms with Crippen LogP contribution in [0.2, 0.25) is 0 Å². The molecule has 5 heteroatoms. The maximum Gasteiger partial charge on any atom is 0.0954 e. The molecular weight excluding hydrogens is 256 g/mol. The molecule has 1 saturated heterocycles. The van der Waals surface area contributed by atoms with Crippen molar-refractivity contribution in [2.24, 2.45) is 0 Å². The van der Waals surface area contributed by atoms with Crippen LogP contribution in [0.15, 0.2) is 5.38 Å². The monoisotopic (exact) mass is 282 g/mol. The van der Waals surface area contributed by atoms with E-state index in [2.05, 4.69) is 41.4 Å². The summed E-state index contributed by atoms with van der Waals surface area (Å²) in [7, 11) is 2.19. The number of piperazine rings is 1. The standard InChI is InChI=1S/C14H26N4S/c1-12(2)14-16-13(11-19-14)10-17(3)8-9-18-6-4-15-5-7-18/h11-12,15H,4-10H2,1-3H3. The zero-order chi connectivity index (χ0) is 13.7. The predicted molar refractivity (Wildman–Crippen MR) is 81.8 cm³/mol. The minimum Gasteiger partial charge on any atom is -0.314 e. The lowest BCUT2D eigenvalue weighted by molar-refractivity contribution is 0.201. The van der Waals surface area contributed by atoms with Gasteiger partial charge in [0.25, 0.3) is 0 Å². The summed E-state index contributed by atoms with van der Waals surface area (Å²) in [6.07, 6.45) is 0. The van der Waals surface area contributed by atoms with Gasteiger partial charge in [-0.25, -0.2) is 4.98 Å². The third-order valence-corrected chi connectivity index (χ3v) is 4.70. The van der Waals surface area contributed by atoms with Crippen molar-refractivity contribution < 1.29 is 0 Å². The molecule has 0 aliphatic carbocycles. The van der Waals surface area contributed by atoms with Crippen molar-refractivity contribution in [1.82, 2.24) is 20.1 Å². The van der Waals surface area contributed by atoms with Gasteiger partial charge in [-0.1, -0.05) is 13.8 Å². The van der Waals surface area contributed by atoms with Crippen LogP contribution in [0.25, 0.3) is 0 Å². The Morgan fingerprint density at radius 3 is 2.79 bits per heavy atom. The van der Waals surface area contributed by atoms with Gasteiger partial charge in [-0.05, 0) is 7.05 Å². The number of likely N-dealkylation sites (N-methyl/N-ethyl adjacent to an activating group) is 1. The van der Waals surface area contributed by atoms with E-state index in [0.29, 0.717) is 5.92 Å². The van der Waals surface area contributed by atoms with Gasteiger partial charge >= 0.3 is 0 Å². The number of hydrogen-bond donors (Lipinski definition) is 1. The SMILES string of the molecule is CC(C)c1nc(CN(C)CCN2CCNCC2)cs1. The van der Waals surface area contributed by atoms with Gasteiger partial charge in [-0.2, -0.15) is 0 Å². The Kier molecular flexibility index (Phi) is 5.76. The third-order valence-electron chi connectivity index (χ3n) is 3.50. The van der Waals surface area contributed by atoms with Gasteiger partial charge in [0.15, 0.2) is 0 Å². The molecule has 108 valence electrons. The summed E-state index contributed by atoms with van der Waals surface area (Å²) in [6.45, 7) is 12.3. The number of rotatable bonds is 6. The summed E-state index contributed by atoms with van der Waals surface area (Å²) in [5.74, 6) is 0.546. The molecule has 1 N–H and O–H groups in total. The van der Waals surface area contributed by atoms with E-state index in [0.717, 1.165) is 26.2 Å². The average Bonchev–Trinajstić information content (AvgIpc) is 2.86. The Balaban J connectivity index is 1.72. The molecule has 0 bridgehead atoms. The summed E-state index contributed by atoms with van der Waals surface area (Å²) in [5, 5.41) is 6.85. The van der Waals surface area contributed by atoms with Gasteiger partial charge in [0.2, 0.25) is 0 Å². The molecule has 0 saturated carbocycles. The van der Waals surface area contributed by atoms with E-state index < -0.39 is 0 Å². The van der Waals surface area contributed by atoms with Crippen LogP contribution in [-0.2, 0) is 6.54 Å². The molecule has 2 rings (SSSR count). The van der Waals surface area contributed by atoms with Crippen LogP contribution in [0.4, 0.5) is 0 Å². The summed E-state index contributed by atoms with van der Waals surface area (Å²) in [4.78, 5) is 9.61. The van der Waals surface area contributed by atoms with Crippen LogP contribution in [0.3, 0.4) is 0 Å². The summed E-state index contributed by atoms with van der Waals surface area (Å²) < 4.78 is 0. The molecule has 19 heavy (non-hydrogen) atoms.